The maximum Gasteiger partial charge on any atom is 0.226 e. The van der Waals surface area contributed by atoms with Gasteiger partial charge in [0.1, 0.15) is 5.65 Å². The largest absolute Gasteiger partial charge is 0.346 e. The third-order valence-electron chi connectivity index (χ3n) is 4.67. The molecule has 1 amide bonds. The van der Waals surface area contributed by atoms with Crippen LogP contribution in [0.25, 0.3) is 27.4 Å². The van der Waals surface area contributed by atoms with Crippen molar-refractivity contribution in [2.24, 2.45) is 5.92 Å². The first-order chi connectivity index (χ1) is 11.3. The fraction of sp³-hybridized carbons (Fsp3) is 0.294. The highest BCUT2D eigenvalue weighted by Gasteiger charge is 2.35. The lowest BCUT2D eigenvalue weighted by Crippen LogP contribution is -2.30. The minimum Gasteiger partial charge on any atom is -0.346 e. The Balaban J connectivity index is 1.60. The second-order valence-corrected chi connectivity index (χ2v) is 6.24. The lowest BCUT2D eigenvalue weighted by atomic mass is 10.0. The molecular formula is C17H15N5O. The summed E-state index contributed by atoms with van der Waals surface area (Å²) in [5, 5.41) is 11.6. The van der Waals surface area contributed by atoms with Gasteiger partial charge in [-0.25, -0.2) is 4.98 Å². The van der Waals surface area contributed by atoms with Gasteiger partial charge in [-0.05, 0) is 24.5 Å². The van der Waals surface area contributed by atoms with E-state index in [9.17, 15) is 4.79 Å². The number of amides is 1. The van der Waals surface area contributed by atoms with Gasteiger partial charge in [0.15, 0.2) is 0 Å². The predicted octanol–water partition coefficient (Wildman–Crippen LogP) is 2.14. The molecule has 1 N–H and O–H groups in total. The van der Waals surface area contributed by atoms with Crippen LogP contribution in [0.15, 0.2) is 30.7 Å². The van der Waals surface area contributed by atoms with E-state index in [1.54, 1.807) is 6.20 Å². The summed E-state index contributed by atoms with van der Waals surface area (Å²) in [5.41, 5.74) is 2.78. The van der Waals surface area contributed by atoms with Crippen molar-refractivity contribution in [2.45, 2.75) is 12.8 Å². The molecule has 5 rings (SSSR count). The van der Waals surface area contributed by atoms with Gasteiger partial charge in [0.2, 0.25) is 5.91 Å². The number of aromatic amines is 1. The Morgan fingerprint density at radius 1 is 1.30 bits per heavy atom. The maximum absolute atomic E-state index is 12.3. The van der Waals surface area contributed by atoms with Crippen molar-refractivity contribution in [3.8, 4) is 0 Å². The smallest absolute Gasteiger partial charge is 0.226 e. The fourth-order valence-corrected chi connectivity index (χ4v) is 3.29. The standard InChI is InChI=1S/C17H15N5O/c23-17(10-1-2-10)22-6-4-11(9-22)15-14-12(8-20-21-15)7-19-16-13(14)3-5-18-16/h3-5,7-8,10H,1-2,6,9H2,(H,18,19). The third-order valence-corrected chi connectivity index (χ3v) is 4.67. The third kappa shape index (κ3) is 1.94. The summed E-state index contributed by atoms with van der Waals surface area (Å²) >= 11 is 0. The first-order valence-corrected chi connectivity index (χ1v) is 7.87. The van der Waals surface area contributed by atoms with Crippen LogP contribution in [0.1, 0.15) is 18.5 Å². The summed E-state index contributed by atoms with van der Waals surface area (Å²) in [5.74, 6) is 0.528. The van der Waals surface area contributed by atoms with E-state index < -0.39 is 0 Å². The van der Waals surface area contributed by atoms with E-state index in [0.717, 1.165) is 45.9 Å². The van der Waals surface area contributed by atoms with Gasteiger partial charge in [0.25, 0.3) is 0 Å². The number of nitrogens with zero attached hydrogens (tertiary/aromatic N) is 4. The van der Waals surface area contributed by atoms with Crippen molar-refractivity contribution in [3.05, 3.63) is 36.4 Å². The molecule has 6 nitrogen and oxygen atoms in total. The van der Waals surface area contributed by atoms with Crippen LogP contribution in [0.5, 0.6) is 0 Å². The summed E-state index contributed by atoms with van der Waals surface area (Å²) in [6.07, 6.45) is 9.61. The summed E-state index contributed by atoms with van der Waals surface area (Å²) < 4.78 is 0. The van der Waals surface area contributed by atoms with Crippen molar-refractivity contribution >= 4 is 33.3 Å². The number of fused-ring (bicyclic) bond motifs is 3. The Bertz CT molecular complexity index is 969. The van der Waals surface area contributed by atoms with Gasteiger partial charge in [-0.1, -0.05) is 6.08 Å². The average Bonchev–Trinajstić information content (AvgIpc) is 3.12. The van der Waals surface area contributed by atoms with E-state index in [2.05, 4.69) is 26.2 Å². The number of H-pyrrole nitrogens is 1. The molecule has 23 heavy (non-hydrogen) atoms. The molecule has 2 aliphatic rings. The van der Waals surface area contributed by atoms with Crippen LogP contribution in [0.2, 0.25) is 0 Å². The van der Waals surface area contributed by atoms with E-state index in [1.807, 2.05) is 23.4 Å². The normalized spacial score (nSPS) is 17.9. The number of hydrogen-bond acceptors (Lipinski definition) is 4. The molecular weight excluding hydrogens is 290 g/mol. The summed E-state index contributed by atoms with van der Waals surface area (Å²) in [7, 11) is 0. The molecule has 0 saturated heterocycles. The Morgan fingerprint density at radius 3 is 3.09 bits per heavy atom. The molecule has 1 aliphatic heterocycles. The van der Waals surface area contributed by atoms with E-state index in [0.29, 0.717) is 13.1 Å². The molecule has 0 bridgehead atoms. The zero-order chi connectivity index (χ0) is 15.4. The number of pyridine rings is 1. The first-order valence-electron chi connectivity index (χ1n) is 7.87. The number of nitrogens with one attached hydrogen (secondary N) is 1. The molecule has 1 fully saturated rings. The van der Waals surface area contributed by atoms with Crippen LogP contribution >= 0.6 is 0 Å². The van der Waals surface area contributed by atoms with Gasteiger partial charge in [-0.2, -0.15) is 10.2 Å². The number of rotatable bonds is 2. The van der Waals surface area contributed by atoms with Gasteiger partial charge in [0, 0.05) is 47.6 Å². The van der Waals surface area contributed by atoms with Gasteiger partial charge < -0.3 is 9.88 Å². The molecule has 0 aromatic carbocycles. The van der Waals surface area contributed by atoms with Gasteiger partial charge in [-0.3, -0.25) is 4.79 Å². The molecule has 0 spiro atoms. The molecule has 114 valence electrons. The number of carbonyl (C=O) groups excluding carboxylic acids is 1. The van der Waals surface area contributed by atoms with E-state index in [1.165, 1.54) is 0 Å². The van der Waals surface area contributed by atoms with E-state index in [4.69, 9.17) is 0 Å². The number of aromatic nitrogens is 4. The number of carbonyl (C=O) groups is 1. The predicted molar refractivity (Wildman–Crippen MR) is 86.5 cm³/mol. The first kappa shape index (κ1) is 12.8. The zero-order valence-electron chi connectivity index (χ0n) is 12.5. The second kappa shape index (κ2) is 4.62. The van der Waals surface area contributed by atoms with Crippen molar-refractivity contribution in [2.75, 3.05) is 13.1 Å². The Labute approximate surface area is 132 Å². The SMILES string of the molecule is O=C(C1CC1)N1CC=C(c2nncc3cnc4[nH]ccc4c23)C1. The topological polar surface area (TPSA) is 74.8 Å². The highest BCUT2D eigenvalue weighted by atomic mass is 16.2. The van der Waals surface area contributed by atoms with Crippen LogP contribution < -0.4 is 0 Å². The second-order valence-electron chi connectivity index (χ2n) is 6.24. The van der Waals surface area contributed by atoms with Crippen molar-refractivity contribution in [1.29, 1.82) is 0 Å². The summed E-state index contributed by atoms with van der Waals surface area (Å²) in [6, 6.07) is 2.01. The van der Waals surface area contributed by atoms with E-state index in [-0.39, 0.29) is 11.8 Å². The molecule has 0 radical (unpaired) electrons. The molecule has 1 aliphatic carbocycles. The highest BCUT2D eigenvalue weighted by Crippen LogP contribution is 2.34. The minimum atomic E-state index is 0.252. The lowest BCUT2D eigenvalue weighted by Gasteiger charge is -2.16. The molecule has 1 saturated carbocycles. The van der Waals surface area contributed by atoms with Crippen molar-refractivity contribution in [1.82, 2.24) is 25.1 Å². The molecule has 3 aromatic rings. The molecule has 3 aromatic heterocycles. The Morgan fingerprint density at radius 2 is 2.22 bits per heavy atom. The van der Waals surface area contributed by atoms with Gasteiger partial charge >= 0.3 is 0 Å². The molecule has 0 unspecified atom stereocenters. The monoisotopic (exact) mass is 305 g/mol. The lowest BCUT2D eigenvalue weighted by molar-refractivity contribution is -0.131. The number of hydrogen-bond donors (Lipinski definition) is 1. The van der Waals surface area contributed by atoms with Crippen LogP contribution in [0, 0.1) is 5.92 Å². The van der Waals surface area contributed by atoms with Crippen molar-refractivity contribution in [3.63, 3.8) is 0 Å². The van der Waals surface area contributed by atoms with Gasteiger partial charge in [-0.15, -0.1) is 0 Å². The average molecular weight is 305 g/mol. The fourth-order valence-electron chi connectivity index (χ4n) is 3.29. The van der Waals surface area contributed by atoms with Gasteiger partial charge in [0.05, 0.1) is 11.9 Å². The zero-order valence-corrected chi connectivity index (χ0v) is 12.5. The minimum absolute atomic E-state index is 0.252. The van der Waals surface area contributed by atoms with Crippen molar-refractivity contribution < 1.29 is 4.79 Å². The van der Waals surface area contributed by atoms with E-state index >= 15 is 0 Å². The molecule has 4 heterocycles. The van der Waals surface area contributed by atoms with Crippen LogP contribution in [-0.4, -0.2) is 44.1 Å². The quantitative estimate of drug-likeness (QED) is 0.787. The Kier molecular flexibility index (Phi) is 2.56. The molecule has 0 atom stereocenters. The summed E-state index contributed by atoms with van der Waals surface area (Å²) in [6.45, 7) is 1.29. The van der Waals surface area contributed by atoms with Crippen LogP contribution in [-0.2, 0) is 4.79 Å². The maximum atomic E-state index is 12.3. The highest BCUT2D eigenvalue weighted by molar-refractivity contribution is 6.09. The summed E-state index contributed by atoms with van der Waals surface area (Å²) in [4.78, 5) is 21.7. The Hall–Kier alpha value is -2.76. The molecule has 6 heteroatoms. The van der Waals surface area contributed by atoms with Crippen LogP contribution in [0.3, 0.4) is 0 Å². The van der Waals surface area contributed by atoms with Crippen LogP contribution in [0.4, 0.5) is 0 Å².